The van der Waals surface area contributed by atoms with Crippen molar-refractivity contribution in [1.82, 2.24) is 9.80 Å². The summed E-state index contributed by atoms with van der Waals surface area (Å²) in [5.41, 5.74) is 2.48. The van der Waals surface area contributed by atoms with Gasteiger partial charge in [0.15, 0.2) is 0 Å². The van der Waals surface area contributed by atoms with E-state index in [-0.39, 0.29) is 12.6 Å². The molecule has 1 N–H and O–H groups in total. The number of rotatable bonds is 6. The molecule has 1 heterocycles. The average Bonchev–Trinajstić information content (AvgIpc) is 2.52. The minimum absolute atomic E-state index is 0.106. The van der Waals surface area contributed by atoms with Crippen LogP contribution in [0.3, 0.4) is 0 Å². The highest BCUT2D eigenvalue weighted by Crippen LogP contribution is 2.26. The molecule has 0 aromatic heterocycles. The zero-order chi connectivity index (χ0) is 16.1. The zero-order valence-electron chi connectivity index (χ0n) is 14.5. The van der Waals surface area contributed by atoms with Crippen LogP contribution in [0.15, 0.2) is 24.3 Å². The van der Waals surface area contributed by atoms with Crippen LogP contribution in [0.4, 0.5) is 5.69 Å². The number of aliphatic hydroxyl groups is 1. The summed E-state index contributed by atoms with van der Waals surface area (Å²) in [4.78, 5) is 7.14. The Balaban J connectivity index is 2.14. The van der Waals surface area contributed by atoms with Gasteiger partial charge in [-0.2, -0.15) is 0 Å². The second-order valence-corrected chi connectivity index (χ2v) is 6.31. The topological polar surface area (TPSA) is 30.0 Å². The molecule has 2 unspecified atom stereocenters. The fourth-order valence-electron chi connectivity index (χ4n) is 3.51. The fraction of sp³-hybridized carbons (Fsp3) is 0.667. The second kappa shape index (κ2) is 7.95. The molecule has 1 aromatic rings. The van der Waals surface area contributed by atoms with E-state index in [1.54, 1.807) is 0 Å². The van der Waals surface area contributed by atoms with Crippen LogP contribution in [0.25, 0.3) is 0 Å². The first-order chi connectivity index (χ1) is 10.6. The number of piperazine rings is 1. The Morgan fingerprint density at radius 1 is 1.18 bits per heavy atom. The highest BCUT2D eigenvalue weighted by atomic mass is 16.3. The van der Waals surface area contributed by atoms with Crippen molar-refractivity contribution in [3.8, 4) is 0 Å². The van der Waals surface area contributed by atoms with Gasteiger partial charge >= 0.3 is 0 Å². The molecule has 0 radical (unpaired) electrons. The molecule has 0 spiro atoms. The lowest BCUT2D eigenvalue weighted by atomic mass is 10.0. The number of likely N-dealkylation sites (N-methyl/N-ethyl adjacent to an activating group) is 1. The van der Waals surface area contributed by atoms with Gasteiger partial charge in [-0.05, 0) is 45.5 Å². The Labute approximate surface area is 135 Å². The largest absolute Gasteiger partial charge is 0.394 e. The molecule has 1 aliphatic heterocycles. The zero-order valence-corrected chi connectivity index (χ0v) is 14.5. The predicted molar refractivity (Wildman–Crippen MR) is 93.5 cm³/mol. The van der Waals surface area contributed by atoms with Crippen molar-refractivity contribution < 1.29 is 5.11 Å². The minimum atomic E-state index is 0.106. The molecule has 0 aliphatic carbocycles. The summed E-state index contributed by atoms with van der Waals surface area (Å²) in [6.45, 7) is 12.0. The van der Waals surface area contributed by atoms with Gasteiger partial charge in [-0.3, -0.25) is 4.90 Å². The third-order valence-electron chi connectivity index (χ3n) is 4.86. The summed E-state index contributed by atoms with van der Waals surface area (Å²) >= 11 is 0. The molecular weight excluding hydrogens is 274 g/mol. The van der Waals surface area contributed by atoms with E-state index in [0.29, 0.717) is 6.04 Å². The lowest BCUT2D eigenvalue weighted by Crippen LogP contribution is -2.52. The van der Waals surface area contributed by atoms with Gasteiger partial charge in [-0.1, -0.05) is 12.1 Å². The molecule has 1 saturated heterocycles. The van der Waals surface area contributed by atoms with Gasteiger partial charge in [-0.15, -0.1) is 0 Å². The summed E-state index contributed by atoms with van der Waals surface area (Å²) in [6, 6.07) is 9.31. The van der Waals surface area contributed by atoms with Gasteiger partial charge in [0.05, 0.1) is 12.6 Å². The highest BCUT2D eigenvalue weighted by Gasteiger charge is 2.28. The standard InChI is InChI=1S/C18H31N3O/c1-5-20(6-2)17-9-7-16(8-10-17)18(14-22)21-12-11-19(4)13-15(21)3/h7-10,15,18,22H,5-6,11-14H2,1-4H3. The maximum absolute atomic E-state index is 9.92. The first-order valence-electron chi connectivity index (χ1n) is 8.50. The van der Waals surface area contributed by atoms with Crippen LogP contribution in [0.5, 0.6) is 0 Å². The summed E-state index contributed by atoms with van der Waals surface area (Å²) in [5, 5.41) is 9.92. The van der Waals surface area contributed by atoms with E-state index in [9.17, 15) is 5.11 Å². The molecule has 1 aromatic carbocycles. The predicted octanol–water partition coefficient (Wildman–Crippen LogP) is 2.20. The molecule has 22 heavy (non-hydrogen) atoms. The van der Waals surface area contributed by atoms with E-state index in [1.807, 2.05) is 0 Å². The monoisotopic (exact) mass is 305 g/mol. The van der Waals surface area contributed by atoms with Crippen molar-refractivity contribution in [2.75, 3.05) is 51.3 Å². The number of benzene rings is 1. The van der Waals surface area contributed by atoms with Gasteiger partial charge < -0.3 is 14.9 Å². The van der Waals surface area contributed by atoms with Crippen molar-refractivity contribution in [2.24, 2.45) is 0 Å². The normalized spacial score (nSPS) is 21.8. The van der Waals surface area contributed by atoms with Crippen molar-refractivity contribution in [3.63, 3.8) is 0 Å². The maximum atomic E-state index is 9.92. The van der Waals surface area contributed by atoms with E-state index in [1.165, 1.54) is 11.3 Å². The first kappa shape index (κ1) is 17.3. The maximum Gasteiger partial charge on any atom is 0.0628 e. The second-order valence-electron chi connectivity index (χ2n) is 6.31. The third-order valence-corrected chi connectivity index (χ3v) is 4.86. The molecule has 0 saturated carbocycles. The van der Waals surface area contributed by atoms with Crippen LogP contribution in [-0.4, -0.2) is 67.3 Å². The van der Waals surface area contributed by atoms with Crippen LogP contribution < -0.4 is 4.90 Å². The summed E-state index contributed by atoms with van der Waals surface area (Å²) < 4.78 is 0. The Hall–Kier alpha value is -1.10. The molecule has 124 valence electrons. The van der Waals surface area contributed by atoms with Crippen LogP contribution in [0.2, 0.25) is 0 Å². The molecule has 1 aliphatic rings. The van der Waals surface area contributed by atoms with Crippen LogP contribution in [-0.2, 0) is 0 Å². The quantitative estimate of drug-likeness (QED) is 0.873. The molecule has 4 heteroatoms. The fourth-order valence-corrected chi connectivity index (χ4v) is 3.51. The number of hydrogen-bond donors (Lipinski definition) is 1. The van der Waals surface area contributed by atoms with Crippen LogP contribution in [0, 0.1) is 0 Å². The van der Waals surface area contributed by atoms with E-state index < -0.39 is 0 Å². The van der Waals surface area contributed by atoms with Gasteiger partial charge in [0.25, 0.3) is 0 Å². The number of anilines is 1. The van der Waals surface area contributed by atoms with Crippen molar-refractivity contribution >= 4 is 5.69 Å². The Morgan fingerprint density at radius 3 is 2.32 bits per heavy atom. The van der Waals surface area contributed by atoms with E-state index >= 15 is 0 Å². The molecular formula is C18H31N3O. The average molecular weight is 305 g/mol. The SMILES string of the molecule is CCN(CC)c1ccc(C(CO)N2CCN(C)CC2C)cc1. The molecule has 1 fully saturated rings. The summed E-state index contributed by atoms with van der Waals surface area (Å²) in [7, 11) is 2.17. The van der Waals surface area contributed by atoms with Gasteiger partial charge in [0.2, 0.25) is 0 Å². The molecule has 0 amide bonds. The van der Waals surface area contributed by atoms with E-state index in [4.69, 9.17) is 0 Å². The third kappa shape index (κ3) is 3.80. The minimum Gasteiger partial charge on any atom is -0.394 e. The molecule has 4 nitrogen and oxygen atoms in total. The Bertz CT molecular complexity index is 444. The van der Waals surface area contributed by atoms with Crippen LogP contribution >= 0.6 is 0 Å². The Morgan fingerprint density at radius 2 is 1.82 bits per heavy atom. The van der Waals surface area contributed by atoms with Gasteiger partial charge in [0, 0.05) is 44.5 Å². The van der Waals surface area contributed by atoms with Crippen molar-refractivity contribution in [2.45, 2.75) is 32.9 Å². The number of hydrogen-bond acceptors (Lipinski definition) is 4. The van der Waals surface area contributed by atoms with E-state index in [2.05, 4.69) is 66.8 Å². The lowest BCUT2D eigenvalue weighted by molar-refractivity contribution is 0.0341. The molecule has 0 bridgehead atoms. The Kier molecular flexibility index (Phi) is 6.24. The van der Waals surface area contributed by atoms with Gasteiger partial charge in [0.1, 0.15) is 0 Å². The summed E-state index contributed by atoms with van der Waals surface area (Å²) in [5.74, 6) is 0. The summed E-state index contributed by atoms with van der Waals surface area (Å²) in [6.07, 6.45) is 0. The van der Waals surface area contributed by atoms with Crippen molar-refractivity contribution in [1.29, 1.82) is 0 Å². The molecule has 2 atom stereocenters. The lowest BCUT2D eigenvalue weighted by Gasteiger charge is -2.42. The smallest absolute Gasteiger partial charge is 0.0628 e. The number of nitrogens with zero attached hydrogens (tertiary/aromatic N) is 3. The van der Waals surface area contributed by atoms with Crippen molar-refractivity contribution in [3.05, 3.63) is 29.8 Å². The number of aliphatic hydroxyl groups excluding tert-OH is 1. The highest BCUT2D eigenvalue weighted by molar-refractivity contribution is 5.47. The first-order valence-corrected chi connectivity index (χ1v) is 8.50. The van der Waals surface area contributed by atoms with E-state index in [0.717, 1.165) is 32.7 Å². The van der Waals surface area contributed by atoms with Crippen LogP contribution in [0.1, 0.15) is 32.4 Å². The van der Waals surface area contributed by atoms with Gasteiger partial charge in [-0.25, -0.2) is 0 Å². The molecule has 2 rings (SSSR count).